The van der Waals surface area contributed by atoms with Crippen LogP contribution in [0.2, 0.25) is 0 Å². The molecule has 3 amide bonds. The van der Waals surface area contributed by atoms with Crippen molar-refractivity contribution in [3.63, 3.8) is 0 Å². The Morgan fingerprint density at radius 2 is 1.72 bits per heavy atom. The molecule has 0 saturated carbocycles. The van der Waals surface area contributed by atoms with E-state index < -0.39 is 17.7 Å². The van der Waals surface area contributed by atoms with Crippen molar-refractivity contribution in [3.05, 3.63) is 107 Å². The largest absolute Gasteiger partial charge is 0.495 e. The van der Waals surface area contributed by atoms with Crippen LogP contribution in [0.15, 0.2) is 79.0 Å². The van der Waals surface area contributed by atoms with Crippen LogP contribution in [0.4, 0.5) is 20.2 Å². The van der Waals surface area contributed by atoms with Gasteiger partial charge in [-0.3, -0.25) is 19.1 Å². The number of nitrogens with zero attached hydrogens (tertiary/aromatic N) is 5. The standard InChI is InChI=1S/C28H21F2N5O3.C5H12N2O/c1-38-24-12-7-18(15-19(24)16-31)26(36)33-23-17-32-35-14-13-34(27(37)25(23)35)22-10-8-21(9-11-22)28(29,30)20-5-3-2-4-6-20;1-6-4-5(8)7(2)3/h2-12,15,17H,13-14H2,1H3,(H,33,36);6H,4H2,1-3H3. The molecular weight excluding hydrogens is 596 g/mol. The van der Waals surface area contributed by atoms with Crippen LogP contribution < -0.4 is 20.3 Å². The first-order chi connectivity index (χ1) is 22.0. The maximum atomic E-state index is 14.9. The van der Waals surface area contributed by atoms with E-state index in [1.54, 1.807) is 44.2 Å². The van der Waals surface area contributed by atoms with E-state index in [1.807, 2.05) is 6.07 Å². The second kappa shape index (κ2) is 14.4. The molecule has 0 unspecified atom stereocenters. The number of carbonyl (C=O) groups excluding carboxylic acids is 3. The molecule has 0 aliphatic carbocycles. The van der Waals surface area contributed by atoms with Crippen LogP contribution >= 0.6 is 0 Å². The van der Waals surface area contributed by atoms with Crippen LogP contribution in [0.3, 0.4) is 0 Å². The Balaban J connectivity index is 0.000000533. The number of carbonyl (C=O) groups is 3. The highest BCUT2D eigenvalue weighted by molar-refractivity contribution is 6.13. The lowest BCUT2D eigenvalue weighted by atomic mass is 10.00. The van der Waals surface area contributed by atoms with Crippen LogP contribution in [0.25, 0.3) is 0 Å². The number of ether oxygens (including phenoxy) is 1. The summed E-state index contributed by atoms with van der Waals surface area (Å²) in [6.45, 7) is 1.05. The minimum atomic E-state index is -3.19. The summed E-state index contributed by atoms with van der Waals surface area (Å²) in [5.41, 5.74) is 0.902. The van der Waals surface area contributed by atoms with Crippen molar-refractivity contribution in [3.8, 4) is 11.8 Å². The molecular formula is C33H33F2N7O4. The van der Waals surface area contributed by atoms with Gasteiger partial charge in [0.25, 0.3) is 17.7 Å². The fraction of sp³-hybridized carbons (Fsp3) is 0.242. The first-order valence-electron chi connectivity index (χ1n) is 14.2. The minimum Gasteiger partial charge on any atom is -0.495 e. The summed E-state index contributed by atoms with van der Waals surface area (Å²) in [7, 11) is 6.65. The molecule has 238 valence electrons. The highest BCUT2D eigenvalue weighted by atomic mass is 19.3. The van der Waals surface area contributed by atoms with Gasteiger partial charge in [-0.15, -0.1) is 0 Å². The third kappa shape index (κ3) is 7.19. The van der Waals surface area contributed by atoms with Gasteiger partial charge in [0, 0.05) is 43.0 Å². The highest BCUT2D eigenvalue weighted by Crippen LogP contribution is 2.36. The first kappa shape index (κ1) is 33.3. The maximum absolute atomic E-state index is 14.9. The second-order valence-corrected chi connectivity index (χ2v) is 10.4. The topological polar surface area (TPSA) is 133 Å². The zero-order valence-corrected chi connectivity index (χ0v) is 25.8. The molecule has 1 aliphatic heterocycles. The number of methoxy groups -OCH3 is 1. The van der Waals surface area contributed by atoms with Crippen molar-refractivity contribution in [2.24, 2.45) is 0 Å². The number of amides is 3. The van der Waals surface area contributed by atoms with E-state index in [1.165, 1.54) is 77.5 Å². The number of hydrogen-bond acceptors (Lipinski definition) is 7. The number of rotatable bonds is 8. The fourth-order valence-electron chi connectivity index (χ4n) is 4.65. The van der Waals surface area contributed by atoms with E-state index >= 15 is 0 Å². The van der Waals surface area contributed by atoms with Gasteiger partial charge in [0.1, 0.15) is 17.5 Å². The van der Waals surface area contributed by atoms with Gasteiger partial charge >= 0.3 is 0 Å². The van der Waals surface area contributed by atoms with Crippen molar-refractivity contribution < 1.29 is 27.9 Å². The summed E-state index contributed by atoms with van der Waals surface area (Å²) in [5.74, 6) is -3.71. The predicted molar refractivity (Wildman–Crippen MR) is 168 cm³/mol. The van der Waals surface area contributed by atoms with Gasteiger partial charge in [-0.05, 0) is 37.4 Å². The highest BCUT2D eigenvalue weighted by Gasteiger charge is 2.35. The van der Waals surface area contributed by atoms with Gasteiger partial charge in [-0.1, -0.05) is 42.5 Å². The lowest BCUT2D eigenvalue weighted by molar-refractivity contribution is -0.127. The molecule has 0 atom stereocenters. The Morgan fingerprint density at radius 1 is 1.04 bits per heavy atom. The number of anilines is 2. The van der Waals surface area contributed by atoms with E-state index in [4.69, 9.17) is 4.74 Å². The summed E-state index contributed by atoms with van der Waals surface area (Å²) < 4.78 is 36.5. The average molecular weight is 630 g/mol. The third-order valence-electron chi connectivity index (χ3n) is 7.16. The Labute approximate surface area is 265 Å². The summed E-state index contributed by atoms with van der Waals surface area (Å²) in [6, 6.07) is 19.5. The average Bonchev–Trinajstić information content (AvgIpc) is 3.48. The van der Waals surface area contributed by atoms with E-state index in [2.05, 4.69) is 15.7 Å². The summed E-state index contributed by atoms with van der Waals surface area (Å²) in [6.07, 6.45) is 1.38. The summed E-state index contributed by atoms with van der Waals surface area (Å²) in [4.78, 5) is 39.9. The SMILES string of the molecule is CNCC(=O)N(C)C.COc1ccc(C(=O)Nc2cnn3c2C(=O)N(c2ccc(C(F)(F)c4ccccc4)cc2)CC3)cc1C#N. The lowest BCUT2D eigenvalue weighted by Gasteiger charge is -2.28. The number of alkyl halides is 2. The molecule has 1 aliphatic rings. The molecule has 0 saturated heterocycles. The first-order valence-corrected chi connectivity index (χ1v) is 14.2. The lowest BCUT2D eigenvalue weighted by Crippen LogP contribution is -2.41. The Bertz CT molecular complexity index is 1750. The molecule has 2 N–H and O–H groups in total. The number of benzene rings is 3. The normalized spacial score (nSPS) is 12.3. The molecule has 0 fully saturated rings. The monoisotopic (exact) mass is 629 g/mol. The molecule has 4 aromatic rings. The number of nitriles is 1. The number of fused-ring (bicyclic) bond motifs is 1. The van der Waals surface area contributed by atoms with Crippen LogP contribution in [0.1, 0.15) is 37.5 Å². The maximum Gasteiger partial charge on any atom is 0.298 e. The zero-order chi connectivity index (χ0) is 33.4. The molecule has 3 aromatic carbocycles. The summed E-state index contributed by atoms with van der Waals surface area (Å²) >= 11 is 0. The Kier molecular flexibility index (Phi) is 10.5. The van der Waals surface area contributed by atoms with Gasteiger partial charge < -0.3 is 25.2 Å². The molecule has 11 nitrogen and oxygen atoms in total. The molecule has 2 heterocycles. The van der Waals surface area contributed by atoms with Crippen molar-refractivity contribution >= 4 is 29.1 Å². The van der Waals surface area contributed by atoms with Gasteiger partial charge in [-0.25, -0.2) is 0 Å². The Hall–Kier alpha value is -5.61. The molecule has 0 bridgehead atoms. The molecule has 0 radical (unpaired) electrons. The van der Waals surface area contributed by atoms with E-state index in [-0.39, 0.29) is 46.1 Å². The van der Waals surface area contributed by atoms with Gasteiger partial charge in [0.15, 0.2) is 0 Å². The van der Waals surface area contributed by atoms with Crippen molar-refractivity contribution in [1.82, 2.24) is 20.0 Å². The smallest absolute Gasteiger partial charge is 0.298 e. The van der Waals surface area contributed by atoms with Crippen LogP contribution in [0, 0.1) is 11.3 Å². The summed E-state index contributed by atoms with van der Waals surface area (Å²) in [5, 5.41) is 18.9. The van der Waals surface area contributed by atoms with Gasteiger partial charge in [-0.2, -0.15) is 19.1 Å². The zero-order valence-electron chi connectivity index (χ0n) is 25.8. The van der Waals surface area contributed by atoms with Crippen molar-refractivity contribution in [2.45, 2.75) is 12.5 Å². The van der Waals surface area contributed by atoms with Crippen LogP contribution in [-0.2, 0) is 17.3 Å². The minimum absolute atomic E-state index is 0.104. The molecule has 46 heavy (non-hydrogen) atoms. The quantitative estimate of drug-likeness (QED) is 0.300. The van der Waals surface area contributed by atoms with Crippen LogP contribution in [0.5, 0.6) is 5.75 Å². The van der Waals surface area contributed by atoms with Crippen molar-refractivity contribution in [1.29, 1.82) is 5.26 Å². The third-order valence-corrected chi connectivity index (χ3v) is 7.16. The van der Waals surface area contributed by atoms with E-state index in [0.717, 1.165) is 0 Å². The molecule has 1 aromatic heterocycles. The molecule has 0 spiro atoms. The second-order valence-electron chi connectivity index (χ2n) is 10.4. The Morgan fingerprint density at radius 3 is 2.30 bits per heavy atom. The molecule has 5 rings (SSSR count). The van der Waals surface area contributed by atoms with Gasteiger partial charge in [0.05, 0.1) is 37.6 Å². The predicted octanol–water partition coefficient (Wildman–Crippen LogP) is 4.11. The molecule has 13 heteroatoms. The van der Waals surface area contributed by atoms with Crippen LogP contribution in [-0.4, -0.2) is 73.7 Å². The van der Waals surface area contributed by atoms with E-state index in [9.17, 15) is 28.4 Å². The fourth-order valence-corrected chi connectivity index (χ4v) is 4.65. The number of likely N-dealkylation sites (N-methyl/N-ethyl adjacent to an activating group) is 2. The number of halogens is 2. The number of hydrogen-bond donors (Lipinski definition) is 2. The van der Waals surface area contributed by atoms with Gasteiger partial charge in [0.2, 0.25) is 5.91 Å². The number of aromatic nitrogens is 2. The van der Waals surface area contributed by atoms with Crippen molar-refractivity contribution in [2.75, 3.05) is 51.6 Å². The number of nitrogens with one attached hydrogen (secondary N) is 2. The van der Waals surface area contributed by atoms with E-state index in [0.29, 0.717) is 24.5 Å².